The minimum atomic E-state index is -0.341. The van der Waals surface area contributed by atoms with Crippen LogP contribution in [0.15, 0.2) is 18.2 Å². The Labute approximate surface area is 106 Å². The van der Waals surface area contributed by atoms with Gasteiger partial charge in [-0.2, -0.15) is 0 Å². The first-order chi connectivity index (χ1) is 8.72. The standard InChI is InChI=1S/C14H17NO3/c16-13-6-1-9-7-11(4-5-12(9)13)18-8-14(17)15-10-2-3-10/h4-5,7,10,13,16H,1-3,6,8H2,(H,15,17). The van der Waals surface area contributed by atoms with E-state index in [4.69, 9.17) is 4.74 Å². The summed E-state index contributed by atoms with van der Waals surface area (Å²) in [5.41, 5.74) is 2.12. The van der Waals surface area contributed by atoms with Crippen LogP contribution < -0.4 is 10.1 Å². The first-order valence-corrected chi connectivity index (χ1v) is 6.45. The van der Waals surface area contributed by atoms with Crippen LogP contribution >= 0.6 is 0 Å². The predicted octanol–water partition coefficient (Wildman–Crippen LogP) is 1.32. The molecule has 1 atom stereocenters. The van der Waals surface area contributed by atoms with E-state index in [1.165, 1.54) is 0 Å². The van der Waals surface area contributed by atoms with Gasteiger partial charge in [0.1, 0.15) is 5.75 Å². The van der Waals surface area contributed by atoms with E-state index >= 15 is 0 Å². The molecule has 96 valence electrons. The summed E-state index contributed by atoms with van der Waals surface area (Å²) in [7, 11) is 0. The Balaban J connectivity index is 1.58. The highest BCUT2D eigenvalue weighted by molar-refractivity contribution is 5.78. The second-order valence-electron chi connectivity index (χ2n) is 5.05. The molecule has 4 heteroatoms. The van der Waals surface area contributed by atoms with Gasteiger partial charge in [-0.25, -0.2) is 0 Å². The van der Waals surface area contributed by atoms with Gasteiger partial charge in [0, 0.05) is 6.04 Å². The fraction of sp³-hybridized carbons (Fsp3) is 0.500. The quantitative estimate of drug-likeness (QED) is 0.843. The molecule has 0 aliphatic heterocycles. The SMILES string of the molecule is O=C(COc1ccc2c(c1)CCC2O)NC1CC1. The lowest BCUT2D eigenvalue weighted by atomic mass is 10.1. The molecular formula is C14H17NO3. The van der Waals surface area contributed by atoms with E-state index in [2.05, 4.69) is 5.32 Å². The Morgan fingerprint density at radius 1 is 1.39 bits per heavy atom. The molecule has 3 rings (SSSR count). The van der Waals surface area contributed by atoms with Crippen molar-refractivity contribution < 1.29 is 14.6 Å². The van der Waals surface area contributed by atoms with Gasteiger partial charge in [-0.15, -0.1) is 0 Å². The molecule has 1 aromatic carbocycles. The van der Waals surface area contributed by atoms with Crippen LogP contribution in [0.3, 0.4) is 0 Å². The van der Waals surface area contributed by atoms with Gasteiger partial charge in [-0.05, 0) is 48.9 Å². The van der Waals surface area contributed by atoms with E-state index in [0.717, 1.165) is 36.8 Å². The molecule has 0 saturated heterocycles. The molecular weight excluding hydrogens is 230 g/mol. The molecule has 0 radical (unpaired) electrons. The molecule has 0 bridgehead atoms. The smallest absolute Gasteiger partial charge is 0.258 e. The lowest BCUT2D eigenvalue weighted by Gasteiger charge is -2.09. The second-order valence-corrected chi connectivity index (χ2v) is 5.05. The van der Waals surface area contributed by atoms with Gasteiger partial charge < -0.3 is 15.2 Å². The number of hydrogen-bond acceptors (Lipinski definition) is 3. The predicted molar refractivity (Wildman–Crippen MR) is 66.4 cm³/mol. The molecule has 1 amide bonds. The molecule has 2 aliphatic rings. The van der Waals surface area contributed by atoms with E-state index in [9.17, 15) is 9.90 Å². The van der Waals surface area contributed by atoms with Crippen LogP contribution in [0.1, 0.15) is 36.5 Å². The maximum absolute atomic E-state index is 11.5. The number of nitrogens with one attached hydrogen (secondary N) is 1. The van der Waals surface area contributed by atoms with E-state index < -0.39 is 0 Å². The van der Waals surface area contributed by atoms with Crippen molar-refractivity contribution in [3.63, 3.8) is 0 Å². The summed E-state index contributed by atoms with van der Waals surface area (Å²) in [6.07, 6.45) is 3.49. The van der Waals surface area contributed by atoms with Crippen LogP contribution in [-0.4, -0.2) is 23.7 Å². The fourth-order valence-electron chi connectivity index (χ4n) is 2.31. The summed E-state index contributed by atoms with van der Waals surface area (Å²) in [5.74, 6) is 0.645. The monoisotopic (exact) mass is 247 g/mol. The highest BCUT2D eigenvalue weighted by atomic mass is 16.5. The van der Waals surface area contributed by atoms with Gasteiger partial charge in [0.25, 0.3) is 5.91 Å². The normalized spacial score (nSPS) is 21.5. The van der Waals surface area contributed by atoms with Gasteiger partial charge >= 0.3 is 0 Å². The van der Waals surface area contributed by atoms with Crippen molar-refractivity contribution >= 4 is 5.91 Å². The van der Waals surface area contributed by atoms with Crippen molar-refractivity contribution in [1.29, 1.82) is 0 Å². The van der Waals surface area contributed by atoms with Crippen molar-refractivity contribution in [3.8, 4) is 5.75 Å². The Kier molecular flexibility index (Phi) is 2.96. The molecule has 0 heterocycles. The zero-order valence-electron chi connectivity index (χ0n) is 10.2. The summed E-state index contributed by atoms with van der Waals surface area (Å²) in [6, 6.07) is 6.01. The molecule has 4 nitrogen and oxygen atoms in total. The van der Waals surface area contributed by atoms with Crippen LogP contribution in [0, 0.1) is 0 Å². The number of aliphatic hydroxyl groups excluding tert-OH is 1. The zero-order chi connectivity index (χ0) is 12.5. The highest BCUT2D eigenvalue weighted by Crippen LogP contribution is 2.33. The Bertz CT molecular complexity index is 468. The topological polar surface area (TPSA) is 58.6 Å². The van der Waals surface area contributed by atoms with Crippen LogP contribution in [0.4, 0.5) is 0 Å². The number of ether oxygens (including phenoxy) is 1. The van der Waals surface area contributed by atoms with E-state index in [-0.39, 0.29) is 18.6 Å². The number of aryl methyl sites for hydroxylation is 1. The third kappa shape index (κ3) is 2.48. The van der Waals surface area contributed by atoms with Crippen LogP contribution in [-0.2, 0) is 11.2 Å². The summed E-state index contributed by atoms with van der Waals surface area (Å²) in [6.45, 7) is 0.0673. The fourth-order valence-corrected chi connectivity index (χ4v) is 2.31. The van der Waals surface area contributed by atoms with Gasteiger partial charge in [0.15, 0.2) is 6.61 Å². The zero-order valence-corrected chi connectivity index (χ0v) is 10.2. The average Bonchev–Trinajstić information content (AvgIpc) is 3.10. The van der Waals surface area contributed by atoms with E-state index in [1.807, 2.05) is 18.2 Å². The van der Waals surface area contributed by atoms with Crippen molar-refractivity contribution in [2.24, 2.45) is 0 Å². The number of aliphatic hydroxyl groups is 1. The summed E-state index contributed by atoms with van der Waals surface area (Å²) in [5, 5.41) is 12.6. The van der Waals surface area contributed by atoms with Gasteiger partial charge in [0.05, 0.1) is 6.10 Å². The Morgan fingerprint density at radius 3 is 3.00 bits per heavy atom. The number of benzene rings is 1. The molecule has 1 saturated carbocycles. The lowest BCUT2D eigenvalue weighted by molar-refractivity contribution is -0.123. The summed E-state index contributed by atoms with van der Waals surface area (Å²) in [4.78, 5) is 11.5. The summed E-state index contributed by atoms with van der Waals surface area (Å²) >= 11 is 0. The number of carbonyl (C=O) groups excluding carboxylic acids is 1. The molecule has 2 aliphatic carbocycles. The lowest BCUT2D eigenvalue weighted by Crippen LogP contribution is -2.30. The maximum Gasteiger partial charge on any atom is 0.258 e. The second kappa shape index (κ2) is 4.61. The van der Waals surface area contributed by atoms with Crippen molar-refractivity contribution in [3.05, 3.63) is 29.3 Å². The largest absolute Gasteiger partial charge is 0.484 e. The molecule has 18 heavy (non-hydrogen) atoms. The van der Waals surface area contributed by atoms with Crippen LogP contribution in [0.25, 0.3) is 0 Å². The molecule has 1 fully saturated rings. The first kappa shape index (κ1) is 11.5. The first-order valence-electron chi connectivity index (χ1n) is 6.45. The number of amides is 1. The molecule has 1 unspecified atom stereocenters. The molecule has 2 N–H and O–H groups in total. The molecule has 0 spiro atoms. The Hall–Kier alpha value is -1.55. The maximum atomic E-state index is 11.5. The van der Waals surface area contributed by atoms with Gasteiger partial charge in [-0.1, -0.05) is 6.07 Å². The molecule has 0 aromatic heterocycles. The van der Waals surface area contributed by atoms with Crippen LogP contribution in [0.5, 0.6) is 5.75 Å². The number of carbonyl (C=O) groups is 1. The minimum Gasteiger partial charge on any atom is -0.484 e. The number of fused-ring (bicyclic) bond motifs is 1. The minimum absolute atomic E-state index is 0.0574. The van der Waals surface area contributed by atoms with Gasteiger partial charge in [0.2, 0.25) is 0 Å². The third-order valence-electron chi connectivity index (χ3n) is 3.47. The van der Waals surface area contributed by atoms with Crippen molar-refractivity contribution in [1.82, 2.24) is 5.32 Å². The Morgan fingerprint density at radius 2 is 2.22 bits per heavy atom. The van der Waals surface area contributed by atoms with Crippen LogP contribution in [0.2, 0.25) is 0 Å². The van der Waals surface area contributed by atoms with E-state index in [0.29, 0.717) is 11.8 Å². The van der Waals surface area contributed by atoms with E-state index in [1.54, 1.807) is 0 Å². The molecule has 1 aromatic rings. The van der Waals surface area contributed by atoms with Crippen molar-refractivity contribution in [2.45, 2.75) is 37.8 Å². The summed E-state index contributed by atoms with van der Waals surface area (Å²) < 4.78 is 5.46. The highest BCUT2D eigenvalue weighted by Gasteiger charge is 2.23. The number of hydrogen-bond donors (Lipinski definition) is 2. The average molecular weight is 247 g/mol. The number of rotatable bonds is 4. The third-order valence-corrected chi connectivity index (χ3v) is 3.47. The van der Waals surface area contributed by atoms with Crippen molar-refractivity contribution in [2.75, 3.05) is 6.61 Å². The van der Waals surface area contributed by atoms with Gasteiger partial charge in [-0.3, -0.25) is 4.79 Å².